The fourth-order valence-corrected chi connectivity index (χ4v) is 7.90. The molecule has 1 unspecified atom stereocenters. The van der Waals surface area contributed by atoms with E-state index >= 15 is 4.79 Å². The van der Waals surface area contributed by atoms with Crippen LogP contribution < -0.4 is 18.5 Å². The molecule has 252 valence electrons. The van der Waals surface area contributed by atoms with Gasteiger partial charge < -0.3 is 24.2 Å². The zero-order valence-corrected chi connectivity index (χ0v) is 27.2. The molecular weight excluding hydrogens is 667 g/mol. The third kappa shape index (κ3) is 5.85. The number of rotatable bonds is 9. The summed E-state index contributed by atoms with van der Waals surface area (Å²) >= 11 is 6.47. The number of hydrogen-bond acceptors (Lipinski definition) is 9. The number of halogens is 4. The number of aliphatic hydroxyl groups is 1. The highest BCUT2D eigenvalue weighted by atomic mass is 35.5. The lowest BCUT2D eigenvalue weighted by Gasteiger charge is -2.42. The van der Waals surface area contributed by atoms with E-state index in [1.807, 2.05) is 0 Å². The zero-order valence-electron chi connectivity index (χ0n) is 25.6. The van der Waals surface area contributed by atoms with Gasteiger partial charge >= 0.3 is 6.36 Å². The molecule has 0 saturated carbocycles. The molecule has 0 radical (unpaired) electrons. The number of likely N-dealkylation sites (tertiary alicyclic amines) is 1. The Bertz CT molecular complexity index is 1820. The molecule has 0 aromatic heterocycles. The van der Waals surface area contributed by atoms with E-state index < -0.39 is 56.5 Å². The molecule has 1 N–H and O–H groups in total. The molecule has 2 aliphatic heterocycles. The van der Waals surface area contributed by atoms with Gasteiger partial charge in [0.25, 0.3) is 15.9 Å². The number of carbonyl (C=O) groups is 2. The van der Waals surface area contributed by atoms with Crippen LogP contribution in [0, 0.1) is 0 Å². The van der Waals surface area contributed by atoms with Crippen LogP contribution in [0.3, 0.4) is 0 Å². The standard InChI is InChI=1S/C31H31ClF3N3O8S/c1-5-45-25-9-7-6-8-21(25)30(37-17-19(39)15-24(37)28(40)36(2)3)22-14-18(32)10-12-23(22)38(29(30)41)47(42,43)27-13-11-20(44-4)16-26(27)46-31(33,34)35/h6-14,16,19,24,39H,5,15,17H2,1-4H3/t19-,24+,30?/m1/s1. The number of para-hydroxylation sites is 1. The number of amides is 2. The summed E-state index contributed by atoms with van der Waals surface area (Å²) in [7, 11) is -1.05. The van der Waals surface area contributed by atoms with Crippen molar-refractivity contribution in [2.24, 2.45) is 0 Å². The predicted octanol–water partition coefficient (Wildman–Crippen LogP) is 4.15. The number of anilines is 1. The van der Waals surface area contributed by atoms with Crippen LogP contribution in [-0.4, -0.2) is 88.0 Å². The summed E-state index contributed by atoms with van der Waals surface area (Å²) in [6, 6.07) is 11.8. The number of benzene rings is 3. The summed E-state index contributed by atoms with van der Waals surface area (Å²) < 4.78 is 85.1. The fourth-order valence-electron chi connectivity index (χ4n) is 6.17. The summed E-state index contributed by atoms with van der Waals surface area (Å²) in [6.45, 7) is 1.57. The Labute approximate surface area is 274 Å². The minimum atomic E-state index is -5.30. The molecule has 0 aliphatic carbocycles. The van der Waals surface area contributed by atoms with E-state index in [0.717, 1.165) is 18.2 Å². The van der Waals surface area contributed by atoms with E-state index in [2.05, 4.69) is 4.74 Å². The molecule has 3 aromatic rings. The number of fused-ring (bicyclic) bond motifs is 1. The molecule has 16 heteroatoms. The van der Waals surface area contributed by atoms with E-state index in [1.54, 1.807) is 25.1 Å². The molecule has 2 amide bonds. The molecule has 0 bridgehead atoms. The van der Waals surface area contributed by atoms with Crippen LogP contribution in [0.4, 0.5) is 18.9 Å². The summed E-state index contributed by atoms with van der Waals surface area (Å²) in [5.41, 5.74) is -2.29. The minimum Gasteiger partial charge on any atom is -0.497 e. The number of ether oxygens (including phenoxy) is 3. The van der Waals surface area contributed by atoms with E-state index in [-0.39, 0.29) is 52.9 Å². The van der Waals surface area contributed by atoms with Crippen LogP contribution in [-0.2, 0) is 25.2 Å². The summed E-state index contributed by atoms with van der Waals surface area (Å²) in [4.78, 5) is 30.5. The van der Waals surface area contributed by atoms with Crippen molar-refractivity contribution in [3.8, 4) is 17.2 Å². The Morgan fingerprint density at radius 1 is 1.09 bits per heavy atom. The monoisotopic (exact) mass is 697 g/mol. The minimum absolute atomic E-state index is 0.00295. The largest absolute Gasteiger partial charge is 0.573 e. The molecule has 11 nitrogen and oxygen atoms in total. The molecule has 3 atom stereocenters. The molecule has 3 aromatic carbocycles. The van der Waals surface area contributed by atoms with Gasteiger partial charge in [0.2, 0.25) is 5.91 Å². The average Bonchev–Trinajstić information content (AvgIpc) is 3.51. The topological polar surface area (TPSA) is 126 Å². The van der Waals surface area contributed by atoms with Crippen molar-refractivity contribution in [3.63, 3.8) is 0 Å². The number of sulfonamides is 1. The van der Waals surface area contributed by atoms with Gasteiger partial charge in [-0.1, -0.05) is 29.8 Å². The van der Waals surface area contributed by atoms with Gasteiger partial charge in [-0.3, -0.25) is 14.5 Å². The van der Waals surface area contributed by atoms with Gasteiger partial charge in [-0.2, -0.15) is 0 Å². The quantitative estimate of drug-likeness (QED) is 0.351. The van der Waals surface area contributed by atoms with Crippen LogP contribution in [0.15, 0.2) is 65.6 Å². The smallest absolute Gasteiger partial charge is 0.497 e. The maximum atomic E-state index is 15.2. The highest BCUT2D eigenvalue weighted by Gasteiger charge is 2.64. The molecule has 2 heterocycles. The lowest BCUT2D eigenvalue weighted by Crippen LogP contribution is -2.59. The number of hydrogen-bond donors (Lipinski definition) is 1. The van der Waals surface area contributed by atoms with Crippen molar-refractivity contribution in [1.29, 1.82) is 0 Å². The fraction of sp³-hybridized carbons (Fsp3) is 0.355. The van der Waals surface area contributed by atoms with Gasteiger partial charge in [0.05, 0.1) is 31.5 Å². The van der Waals surface area contributed by atoms with Crippen molar-refractivity contribution in [3.05, 3.63) is 76.8 Å². The lowest BCUT2D eigenvalue weighted by molar-refractivity contribution is -0.275. The van der Waals surface area contributed by atoms with Crippen molar-refractivity contribution in [2.45, 2.75) is 42.3 Å². The van der Waals surface area contributed by atoms with Gasteiger partial charge in [0, 0.05) is 42.9 Å². The molecule has 47 heavy (non-hydrogen) atoms. The van der Waals surface area contributed by atoms with Crippen LogP contribution in [0.2, 0.25) is 5.02 Å². The van der Waals surface area contributed by atoms with Crippen molar-refractivity contribution in [1.82, 2.24) is 9.80 Å². The predicted molar refractivity (Wildman–Crippen MR) is 164 cm³/mol. The van der Waals surface area contributed by atoms with Gasteiger partial charge in [-0.25, -0.2) is 12.7 Å². The van der Waals surface area contributed by atoms with E-state index in [4.69, 9.17) is 21.1 Å². The first-order valence-corrected chi connectivity index (χ1v) is 16.1. The average molecular weight is 698 g/mol. The molecule has 5 rings (SSSR count). The van der Waals surface area contributed by atoms with E-state index in [9.17, 15) is 31.5 Å². The first kappa shape index (κ1) is 34.3. The number of likely N-dealkylation sites (N-methyl/N-ethyl adjacent to an activating group) is 1. The van der Waals surface area contributed by atoms with Crippen LogP contribution in [0.1, 0.15) is 24.5 Å². The normalized spacial score (nSPS) is 21.5. The molecule has 1 saturated heterocycles. The summed E-state index contributed by atoms with van der Waals surface area (Å²) in [6.07, 6.45) is -6.52. The maximum absolute atomic E-state index is 15.2. The third-order valence-corrected chi connectivity index (χ3v) is 9.94. The highest BCUT2D eigenvalue weighted by molar-refractivity contribution is 7.93. The zero-order chi connectivity index (χ0) is 34.5. The Morgan fingerprint density at radius 3 is 2.43 bits per heavy atom. The van der Waals surface area contributed by atoms with Gasteiger partial charge in [-0.15, -0.1) is 13.2 Å². The second-order valence-electron chi connectivity index (χ2n) is 11.0. The van der Waals surface area contributed by atoms with Crippen LogP contribution in [0.5, 0.6) is 17.2 Å². The summed E-state index contributed by atoms with van der Waals surface area (Å²) in [5.74, 6) is -2.76. The first-order chi connectivity index (χ1) is 22.1. The SMILES string of the molecule is CCOc1ccccc1C1(N2C[C@H](O)C[C@H]2C(=O)N(C)C)C(=O)N(S(=O)(=O)c2ccc(OC)cc2OC(F)(F)F)c2ccc(Cl)cc21. The Hall–Kier alpha value is -4.05. The van der Waals surface area contributed by atoms with Crippen molar-refractivity contribution in [2.75, 3.05) is 38.7 Å². The number of nitrogens with zero attached hydrogens (tertiary/aromatic N) is 3. The highest BCUT2D eigenvalue weighted by Crippen LogP contribution is 2.55. The van der Waals surface area contributed by atoms with Gasteiger partial charge in [0.15, 0.2) is 11.3 Å². The number of methoxy groups -OCH3 is 1. The number of alkyl halides is 3. The number of carbonyl (C=O) groups excluding carboxylic acids is 2. The van der Waals surface area contributed by atoms with E-state index in [1.165, 1.54) is 55.3 Å². The lowest BCUT2D eigenvalue weighted by atomic mass is 9.80. The Morgan fingerprint density at radius 2 is 1.79 bits per heavy atom. The second kappa shape index (κ2) is 12.5. The molecule has 1 fully saturated rings. The van der Waals surface area contributed by atoms with Crippen LogP contribution in [0.25, 0.3) is 0 Å². The van der Waals surface area contributed by atoms with Crippen LogP contribution >= 0.6 is 11.6 Å². The maximum Gasteiger partial charge on any atom is 0.573 e. The molecule has 2 aliphatic rings. The Kier molecular flexibility index (Phi) is 9.14. The molecular formula is C31H31ClF3N3O8S. The third-order valence-electron chi connectivity index (χ3n) is 7.97. The van der Waals surface area contributed by atoms with Crippen molar-refractivity contribution >= 4 is 39.1 Å². The van der Waals surface area contributed by atoms with Gasteiger partial charge in [-0.05, 0) is 49.7 Å². The Balaban J connectivity index is 1.86. The van der Waals surface area contributed by atoms with E-state index in [0.29, 0.717) is 4.31 Å². The number of aliphatic hydroxyl groups excluding tert-OH is 1. The van der Waals surface area contributed by atoms with Gasteiger partial charge in [0.1, 0.15) is 16.4 Å². The second-order valence-corrected chi connectivity index (χ2v) is 13.2. The summed E-state index contributed by atoms with van der Waals surface area (Å²) in [5, 5.41) is 11.0. The van der Waals surface area contributed by atoms with Crippen molar-refractivity contribution < 1.29 is 50.5 Å². The molecule has 0 spiro atoms. The first-order valence-electron chi connectivity index (χ1n) is 14.3. The number of β-amino-alcohol motifs (C(OH)–C–C–N with tert-alkyl or cyclic N) is 1.